The van der Waals surface area contributed by atoms with Crippen LogP contribution in [-0.4, -0.2) is 5.54 Å². The van der Waals surface area contributed by atoms with Gasteiger partial charge in [-0.3, -0.25) is 0 Å². The Labute approximate surface area is 180 Å². The second-order valence-electron chi connectivity index (χ2n) is 8.83. The molecular formula is C29H29N. The third-order valence-electron chi connectivity index (χ3n) is 6.13. The zero-order valence-electron chi connectivity index (χ0n) is 18.6. The Hall–Kier alpha value is -3.24. The van der Waals surface area contributed by atoms with Gasteiger partial charge in [0.15, 0.2) is 0 Å². The van der Waals surface area contributed by atoms with Crippen LogP contribution in [0, 0.1) is 33.1 Å². The van der Waals surface area contributed by atoms with E-state index in [1.54, 1.807) is 0 Å². The van der Waals surface area contributed by atoms with Gasteiger partial charge in [0.2, 0.25) is 0 Å². The van der Waals surface area contributed by atoms with Crippen molar-refractivity contribution in [3.05, 3.63) is 89.0 Å². The minimum absolute atomic E-state index is 0.428. The van der Waals surface area contributed by atoms with Gasteiger partial charge in [0.25, 0.3) is 0 Å². The summed E-state index contributed by atoms with van der Waals surface area (Å²) >= 11 is 0. The Balaban J connectivity index is 2.00. The third-order valence-corrected chi connectivity index (χ3v) is 6.13. The Morgan fingerprint density at radius 3 is 1.80 bits per heavy atom. The lowest BCUT2D eigenvalue weighted by atomic mass is 9.92. The van der Waals surface area contributed by atoms with Crippen LogP contribution >= 0.6 is 0 Å². The van der Waals surface area contributed by atoms with Crippen molar-refractivity contribution in [2.45, 2.75) is 46.7 Å². The Morgan fingerprint density at radius 2 is 1.30 bits per heavy atom. The molecular weight excluding hydrogens is 362 g/mol. The number of hydrogen-bond donors (Lipinski definition) is 0. The molecule has 0 atom stereocenters. The number of aryl methyl sites for hydroxylation is 3. The molecule has 0 unspecified atom stereocenters. The van der Waals surface area contributed by atoms with E-state index in [1.165, 1.54) is 49.5 Å². The van der Waals surface area contributed by atoms with Crippen molar-refractivity contribution in [1.82, 2.24) is 0 Å². The number of terminal acetylenes is 1. The molecule has 0 radical (unpaired) electrons. The van der Waals surface area contributed by atoms with E-state index >= 15 is 0 Å². The highest BCUT2D eigenvalue weighted by Gasteiger charge is 2.28. The maximum absolute atomic E-state index is 6.06. The van der Waals surface area contributed by atoms with Gasteiger partial charge in [0.1, 0.15) is 0 Å². The molecule has 150 valence electrons. The molecule has 0 saturated heterocycles. The van der Waals surface area contributed by atoms with Crippen LogP contribution in [0.1, 0.15) is 36.1 Å². The summed E-state index contributed by atoms with van der Waals surface area (Å²) in [5.41, 5.74) is 5.94. The summed E-state index contributed by atoms with van der Waals surface area (Å²) in [5.74, 6) is 3.05. The highest BCUT2D eigenvalue weighted by molar-refractivity contribution is 6.02. The molecule has 0 amide bonds. The number of rotatable bonds is 4. The molecule has 0 aromatic heterocycles. The summed E-state index contributed by atoms with van der Waals surface area (Å²) in [7, 11) is 0. The van der Waals surface area contributed by atoms with Gasteiger partial charge in [-0.05, 0) is 78.9 Å². The van der Waals surface area contributed by atoms with Crippen LogP contribution in [0.25, 0.3) is 21.5 Å². The first-order chi connectivity index (χ1) is 14.3. The highest BCUT2D eigenvalue weighted by Crippen LogP contribution is 2.36. The number of nitrogens with zero attached hydrogens (tertiary/aromatic N) is 1. The number of hydrogen-bond acceptors (Lipinski definition) is 1. The predicted octanol–water partition coefficient (Wildman–Crippen LogP) is 7.34. The molecule has 0 aliphatic heterocycles. The van der Waals surface area contributed by atoms with E-state index in [9.17, 15) is 0 Å². The maximum Gasteiger partial charge on any atom is 0.0957 e. The van der Waals surface area contributed by atoms with E-state index < -0.39 is 5.54 Å². The molecule has 30 heavy (non-hydrogen) atoms. The van der Waals surface area contributed by atoms with Crippen molar-refractivity contribution in [2.24, 2.45) is 0 Å². The Morgan fingerprint density at radius 1 is 0.800 bits per heavy atom. The van der Waals surface area contributed by atoms with Crippen LogP contribution in [-0.2, 0) is 6.54 Å². The smallest absolute Gasteiger partial charge is 0.0957 e. The predicted molar refractivity (Wildman–Crippen MR) is 131 cm³/mol. The minimum atomic E-state index is -0.428. The molecule has 0 N–H and O–H groups in total. The van der Waals surface area contributed by atoms with E-state index in [2.05, 4.69) is 112 Å². The van der Waals surface area contributed by atoms with Gasteiger partial charge in [0, 0.05) is 12.2 Å². The van der Waals surface area contributed by atoms with E-state index in [1.807, 2.05) is 0 Å². The lowest BCUT2D eigenvalue weighted by Gasteiger charge is -2.39. The molecule has 0 bridgehead atoms. The summed E-state index contributed by atoms with van der Waals surface area (Å²) < 4.78 is 0. The largest absolute Gasteiger partial charge is 0.351 e. The van der Waals surface area contributed by atoms with Gasteiger partial charge in [-0.25, -0.2) is 0 Å². The molecule has 0 aliphatic rings. The topological polar surface area (TPSA) is 3.24 Å². The Kier molecular flexibility index (Phi) is 5.04. The van der Waals surface area contributed by atoms with E-state index in [4.69, 9.17) is 6.42 Å². The molecule has 0 aliphatic carbocycles. The van der Waals surface area contributed by atoms with Crippen LogP contribution < -0.4 is 4.90 Å². The fourth-order valence-electron chi connectivity index (χ4n) is 4.67. The quantitative estimate of drug-likeness (QED) is 0.260. The Bertz CT molecular complexity index is 1210. The molecule has 4 rings (SSSR count). The average molecular weight is 392 g/mol. The second-order valence-corrected chi connectivity index (χ2v) is 8.83. The number of benzene rings is 4. The van der Waals surface area contributed by atoms with Gasteiger partial charge in [0.05, 0.1) is 5.54 Å². The molecule has 4 aromatic rings. The third kappa shape index (κ3) is 3.44. The maximum atomic E-state index is 6.06. The molecule has 0 heterocycles. The molecule has 1 heteroatoms. The van der Waals surface area contributed by atoms with E-state index in [0.29, 0.717) is 0 Å². The van der Waals surface area contributed by atoms with E-state index in [0.717, 1.165) is 6.54 Å². The summed E-state index contributed by atoms with van der Waals surface area (Å²) in [6.07, 6.45) is 6.06. The molecule has 0 saturated carbocycles. The summed E-state index contributed by atoms with van der Waals surface area (Å²) in [4.78, 5) is 2.41. The first kappa shape index (κ1) is 20.0. The summed E-state index contributed by atoms with van der Waals surface area (Å²) in [6, 6.07) is 24.1. The van der Waals surface area contributed by atoms with Crippen LogP contribution in [0.2, 0.25) is 0 Å². The van der Waals surface area contributed by atoms with Crippen molar-refractivity contribution >= 4 is 27.2 Å². The van der Waals surface area contributed by atoms with Crippen LogP contribution in [0.4, 0.5) is 5.69 Å². The van der Waals surface area contributed by atoms with Gasteiger partial charge in [-0.1, -0.05) is 72.1 Å². The van der Waals surface area contributed by atoms with Crippen LogP contribution in [0.15, 0.2) is 66.7 Å². The lowest BCUT2D eigenvalue weighted by molar-refractivity contribution is 0.575. The highest BCUT2D eigenvalue weighted by atomic mass is 15.2. The van der Waals surface area contributed by atoms with Crippen molar-refractivity contribution in [2.75, 3.05) is 4.90 Å². The zero-order chi connectivity index (χ0) is 21.5. The fourth-order valence-corrected chi connectivity index (χ4v) is 4.67. The van der Waals surface area contributed by atoms with Crippen molar-refractivity contribution in [3.8, 4) is 12.3 Å². The molecule has 1 nitrogen and oxygen atoms in total. The second kappa shape index (κ2) is 7.54. The first-order valence-corrected chi connectivity index (χ1v) is 10.5. The zero-order valence-corrected chi connectivity index (χ0v) is 18.6. The van der Waals surface area contributed by atoms with Gasteiger partial charge < -0.3 is 4.90 Å². The monoisotopic (exact) mass is 391 g/mol. The average Bonchev–Trinajstić information content (AvgIpc) is 2.71. The first-order valence-electron chi connectivity index (χ1n) is 10.5. The SMILES string of the molecule is C#CC(C)(C)N(Cc1c2ccccc2cc2ccccc12)c1c(C)cc(C)cc1C. The minimum Gasteiger partial charge on any atom is -0.351 e. The molecule has 0 fully saturated rings. The van der Waals surface area contributed by atoms with Gasteiger partial charge in [-0.15, -0.1) is 6.42 Å². The van der Waals surface area contributed by atoms with Crippen molar-refractivity contribution in [3.63, 3.8) is 0 Å². The summed E-state index contributed by atoms with van der Waals surface area (Å²) in [6.45, 7) is 11.6. The fraction of sp³-hybridized carbons (Fsp3) is 0.241. The standard InChI is InChI=1S/C29H29N/c1-7-29(5,6)30(28-21(3)16-20(2)17-22(28)4)19-27-25-14-10-8-12-23(25)18-24-13-9-11-15-26(24)27/h1,8-18H,19H2,2-6H3. The number of fused-ring (bicyclic) bond motifs is 2. The van der Waals surface area contributed by atoms with Crippen molar-refractivity contribution < 1.29 is 0 Å². The van der Waals surface area contributed by atoms with Crippen LogP contribution in [0.5, 0.6) is 0 Å². The molecule has 0 spiro atoms. The van der Waals surface area contributed by atoms with Gasteiger partial charge >= 0.3 is 0 Å². The van der Waals surface area contributed by atoms with Crippen molar-refractivity contribution in [1.29, 1.82) is 0 Å². The van der Waals surface area contributed by atoms with Gasteiger partial charge in [-0.2, -0.15) is 0 Å². The van der Waals surface area contributed by atoms with Crippen LogP contribution in [0.3, 0.4) is 0 Å². The summed E-state index contributed by atoms with van der Waals surface area (Å²) in [5, 5.41) is 5.11. The molecule has 4 aromatic carbocycles. The normalized spacial score (nSPS) is 11.6. The number of anilines is 1. The van der Waals surface area contributed by atoms with E-state index in [-0.39, 0.29) is 0 Å². The lowest BCUT2D eigenvalue weighted by Crippen LogP contribution is -2.43.